The van der Waals surface area contributed by atoms with Crippen LogP contribution in [0.25, 0.3) is 0 Å². The minimum Gasteiger partial charge on any atom is -0.348 e. The van der Waals surface area contributed by atoms with Gasteiger partial charge in [0.1, 0.15) is 6.04 Å². The molecule has 0 aliphatic heterocycles. The van der Waals surface area contributed by atoms with Crippen LogP contribution in [0.3, 0.4) is 0 Å². The van der Waals surface area contributed by atoms with Crippen molar-refractivity contribution in [3.8, 4) is 0 Å². The van der Waals surface area contributed by atoms with Crippen molar-refractivity contribution < 1.29 is 13.2 Å². The van der Waals surface area contributed by atoms with Gasteiger partial charge in [0, 0.05) is 5.02 Å². The molecule has 0 fully saturated rings. The summed E-state index contributed by atoms with van der Waals surface area (Å²) in [5.74, 6) is -0.347. The van der Waals surface area contributed by atoms with Crippen molar-refractivity contribution in [3.05, 3.63) is 63.7 Å². The van der Waals surface area contributed by atoms with Crippen molar-refractivity contribution in [3.63, 3.8) is 0 Å². The Labute approximate surface area is 179 Å². The molecule has 2 atom stereocenters. The highest BCUT2D eigenvalue weighted by Crippen LogP contribution is 2.28. The Hall–Kier alpha value is -2.05. The molecule has 2 aromatic carbocycles. The molecule has 7 heteroatoms. The molecule has 0 spiro atoms. The third-order valence-corrected chi connectivity index (χ3v) is 6.72. The summed E-state index contributed by atoms with van der Waals surface area (Å²) < 4.78 is 26.3. The van der Waals surface area contributed by atoms with E-state index >= 15 is 0 Å². The minimum absolute atomic E-state index is 0.251. The number of hydrogen-bond acceptors (Lipinski definition) is 3. The number of anilines is 1. The highest BCUT2D eigenvalue weighted by Gasteiger charge is 2.32. The molecule has 5 nitrogen and oxygen atoms in total. The molecule has 0 unspecified atom stereocenters. The number of sulfonamides is 1. The fourth-order valence-electron chi connectivity index (χ4n) is 3.21. The molecule has 0 radical (unpaired) electrons. The fraction of sp³-hybridized carbons (Fsp3) is 0.409. The van der Waals surface area contributed by atoms with Crippen LogP contribution in [0, 0.1) is 20.8 Å². The number of nitrogens with one attached hydrogen (secondary N) is 1. The summed E-state index contributed by atoms with van der Waals surface area (Å²) in [7, 11) is -3.70. The Bertz CT molecular complexity index is 1010. The van der Waals surface area contributed by atoms with Crippen LogP contribution in [-0.4, -0.2) is 26.6 Å². The number of amides is 1. The molecule has 1 amide bonds. The average molecular weight is 437 g/mol. The van der Waals surface area contributed by atoms with E-state index in [-0.39, 0.29) is 11.9 Å². The van der Waals surface area contributed by atoms with Crippen LogP contribution < -0.4 is 9.62 Å². The fourth-order valence-corrected chi connectivity index (χ4v) is 4.58. The maximum atomic E-state index is 13.1. The average Bonchev–Trinajstić information content (AvgIpc) is 2.63. The number of carbonyl (C=O) groups is 1. The van der Waals surface area contributed by atoms with Gasteiger partial charge in [0.15, 0.2) is 0 Å². The summed E-state index contributed by atoms with van der Waals surface area (Å²) in [5, 5.41) is 3.42. The summed E-state index contributed by atoms with van der Waals surface area (Å²) in [6, 6.07) is 9.90. The van der Waals surface area contributed by atoms with E-state index in [1.165, 1.54) is 5.56 Å². The van der Waals surface area contributed by atoms with E-state index in [0.717, 1.165) is 27.3 Å². The number of benzene rings is 2. The zero-order valence-corrected chi connectivity index (χ0v) is 19.4. The molecule has 2 rings (SSSR count). The molecule has 0 aliphatic carbocycles. The predicted octanol–water partition coefficient (Wildman–Crippen LogP) is 4.69. The molecular weight excluding hydrogens is 408 g/mol. The van der Waals surface area contributed by atoms with Crippen LogP contribution in [-0.2, 0) is 14.8 Å². The summed E-state index contributed by atoms with van der Waals surface area (Å²) in [4.78, 5) is 13.1. The van der Waals surface area contributed by atoms with Crippen LogP contribution >= 0.6 is 11.6 Å². The second-order valence-corrected chi connectivity index (χ2v) is 9.76. The second-order valence-electron chi connectivity index (χ2n) is 7.49. The molecule has 0 aliphatic rings. The van der Waals surface area contributed by atoms with E-state index in [9.17, 15) is 13.2 Å². The van der Waals surface area contributed by atoms with Crippen molar-refractivity contribution in [1.82, 2.24) is 5.32 Å². The molecule has 0 bridgehead atoms. The van der Waals surface area contributed by atoms with Gasteiger partial charge >= 0.3 is 0 Å². The number of halogens is 1. The quantitative estimate of drug-likeness (QED) is 0.684. The Kier molecular flexibility index (Phi) is 7.35. The molecule has 0 saturated heterocycles. The van der Waals surface area contributed by atoms with Crippen LogP contribution in [0.2, 0.25) is 5.02 Å². The van der Waals surface area contributed by atoms with E-state index in [0.29, 0.717) is 17.1 Å². The van der Waals surface area contributed by atoms with E-state index < -0.39 is 16.1 Å². The summed E-state index contributed by atoms with van der Waals surface area (Å²) in [6.45, 7) is 9.58. The Morgan fingerprint density at radius 2 is 1.69 bits per heavy atom. The number of aryl methyl sites for hydroxylation is 3. The van der Waals surface area contributed by atoms with Gasteiger partial charge in [-0.25, -0.2) is 8.42 Å². The largest absolute Gasteiger partial charge is 0.348 e. The lowest BCUT2D eigenvalue weighted by Crippen LogP contribution is -2.49. The van der Waals surface area contributed by atoms with E-state index in [1.807, 2.05) is 45.9 Å². The Morgan fingerprint density at radius 1 is 1.07 bits per heavy atom. The van der Waals surface area contributed by atoms with E-state index in [4.69, 9.17) is 11.6 Å². The van der Waals surface area contributed by atoms with Gasteiger partial charge in [-0.1, -0.05) is 42.8 Å². The first-order valence-electron chi connectivity index (χ1n) is 9.58. The summed E-state index contributed by atoms with van der Waals surface area (Å²) in [6.07, 6.45) is 1.42. The smallest absolute Gasteiger partial charge is 0.244 e. The highest BCUT2D eigenvalue weighted by molar-refractivity contribution is 7.92. The first-order chi connectivity index (χ1) is 13.5. The van der Waals surface area contributed by atoms with E-state index in [2.05, 4.69) is 5.32 Å². The SMILES string of the molecule is CC[C@H](C(=O)N[C@@H](C)c1ccc(C)c(C)c1)N(c1ccc(C)c(Cl)c1)S(C)(=O)=O. The monoisotopic (exact) mass is 436 g/mol. The molecule has 2 aromatic rings. The van der Waals surface area contributed by atoms with Crippen LogP contribution in [0.15, 0.2) is 36.4 Å². The van der Waals surface area contributed by atoms with Crippen molar-refractivity contribution in [2.45, 2.75) is 53.1 Å². The maximum Gasteiger partial charge on any atom is 0.244 e. The molecule has 29 heavy (non-hydrogen) atoms. The van der Waals surface area contributed by atoms with E-state index in [1.54, 1.807) is 25.1 Å². The molecule has 0 saturated carbocycles. The van der Waals surface area contributed by atoms with Gasteiger partial charge in [-0.05, 0) is 68.5 Å². The van der Waals surface area contributed by atoms with Crippen LogP contribution in [0.1, 0.15) is 48.6 Å². The standard InChI is InChI=1S/C22H29ClN2O3S/c1-7-21(22(26)24-17(5)18-10-8-14(2)16(4)12-18)25(29(6,27)28)19-11-9-15(3)20(23)13-19/h8-13,17,21H,7H2,1-6H3,(H,24,26)/t17-,21+/m0/s1. The lowest BCUT2D eigenvalue weighted by Gasteiger charge is -2.31. The number of nitrogens with zero attached hydrogens (tertiary/aromatic N) is 1. The summed E-state index contributed by atoms with van der Waals surface area (Å²) >= 11 is 6.21. The number of carbonyl (C=O) groups excluding carboxylic acids is 1. The zero-order chi connectivity index (χ0) is 21.9. The van der Waals surface area contributed by atoms with Crippen molar-refractivity contribution in [2.24, 2.45) is 0 Å². The first kappa shape index (κ1) is 23.2. The summed E-state index contributed by atoms with van der Waals surface area (Å²) in [5.41, 5.74) is 4.51. The van der Waals surface area contributed by atoms with Crippen molar-refractivity contribution >= 4 is 33.2 Å². The zero-order valence-electron chi connectivity index (χ0n) is 17.8. The van der Waals surface area contributed by atoms with Gasteiger partial charge in [-0.2, -0.15) is 0 Å². The normalized spacial score (nSPS) is 13.6. The van der Waals surface area contributed by atoms with Gasteiger partial charge < -0.3 is 5.32 Å². The molecule has 158 valence electrons. The highest BCUT2D eigenvalue weighted by atomic mass is 35.5. The van der Waals surface area contributed by atoms with Gasteiger partial charge in [0.25, 0.3) is 0 Å². The van der Waals surface area contributed by atoms with Gasteiger partial charge in [-0.15, -0.1) is 0 Å². The van der Waals surface area contributed by atoms with Gasteiger partial charge in [0.2, 0.25) is 15.9 Å². The molecule has 0 aromatic heterocycles. The van der Waals surface area contributed by atoms with Crippen LogP contribution in [0.5, 0.6) is 0 Å². The minimum atomic E-state index is -3.70. The Balaban J connectivity index is 2.34. The lowest BCUT2D eigenvalue weighted by atomic mass is 10.0. The second kappa shape index (κ2) is 9.18. The molecular formula is C22H29ClN2O3S. The lowest BCUT2D eigenvalue weighted by molar-refractivity contribution is -0.122. The third kappa shape index (κ3) is 5.52. The third-order valence-electron chi connectivity index (χ3n) is 5.13. The molecule has 1 N–H and O–H groups in total. The first-order valence-corrected chi connectivity index (χ1v) is 11.8. The maximum absolute atomic E-state index is 13.1. The number of hydrogen-bond donors (Lipinski definition) is 1. The van der Waals surface area contributed by atoms with Gasteiger partial charge in [-0.3, -0.25) is 9.10 Å². The topological polar surface area (TPSA) is 66.5 Å². The Morgan fingerprint density at radius 3 is 2.21 bits per heavy atom. The van der Waals surface area contributed by atoms with Crippen molar-refractivity contribution in [1.29, 1.82) is 0 Å². The van der Waals surface area contributed by atoms with Crippen molar-refractivity contribution in [2.75, 3.05) is 10.6 Å². The predicted molar refractivity (Wildman–Crippen MR) is 120 cm³/mol. The van der Waals surface area contributed by atoms with Crippen LogP contribution in [0.4, 0.5) is 5.69 Å². The number of rotatable bonds is 7. The molecule has 0 heterocycles. The van der Waals surface area contributed by atoms with Gasteiger partial charge in [0.05, 0.1) is 18.0 Å².